The third-order valence-electron chi connectivity index (χ3n) is 5.94. The number of aryl methyl sites for hydroxylation is 2. The first-order valence-electron chi connectivity index (χ1n) is 10.5. The molecule has 4 rings (SSSR count). The molecule has 2 aromatic carbocycles. The van der Waals surface area contributed by atoms with Crippen molar-refractivity contribution in [2.24, 2.45) is 0 Å². The molecule has 0 amide bonds. The van der Waals surface area contributed by atoms with Crippen molar-refractivity contribution in [2.45, 2.75) is 45.6 Å². The monoisotopic (exact) mass is 404 g/mol. The van der Waals surface area contributed by atoms with Gasteiger partial charge in [0.1, 0.15) is 0 Å². The molecule has 156 valence electrons. The van der Waals surface area contributed by atoms with Crippen LogP contribution in [0.15, 0.2) is 42.5 Å². The van der Waals surface area contributed by atoms with Gasteiger partial charge in [-0.15, -0.1) is 0 Å². The highest BCUT2D eigenvalue weighted by Crippen LogP contribution is 2.34. The number of ether oxygens (including phenoxy) is 1. The molecule has 1 saturated heterocycles. The maximum Gasteiger partial charge on any atom is 0.337 e. The number of carboxylic acids is 1. The normalized spacial score (nSPS) is 17.6. The zero-order valence-corrected chi connectivity index (χ0v) is 17.7. The molecule has 2 N–H and O–H groups in total. The number of benzene rings is 2. The summed E-state index contributed by atoms with van der Waals surface area (Å²) in [6.45, 7) is 7.80. The van der Waals surface area contributed by atoms with E-state index in [0.717, 1.165) is 53.8 Å². The van der Waals surface area contributed by atoms with Gasteiger partial charge in [0.25, 0.3) is 0 Å². The van der Waals surface area contributed by atoms with E-state index < -0.39 is 5.97 Å². The van der Waals surface area contributed by atoms with Crippen molar-refractivity contribution in [3.63, 3.8) is 0 Å². The van der Waals surface area contributed by atoms with Gasteiger partial charge < -0.3 is 15.2 Å². The van der Waals surface area contributed by atoms with Crippen LogP contribution in [0.4, 0.5) is 5.69 Å². The first-order chi connectivity index (χ1) is 14.4. The highest BCUT2D eigenvalue weighted by molar-refractivity contribution is 5.94. The highest BCUT2D eigenvalue weighted by atomic mass is 16.5. The standard InChI is InChI=1S/C25H28N2O3/c1-15-11-21(17(3)26-23-9-5-4-8-19(23)25(28)29)22-13-20(16(2)27-24(22)12-15)18-7-6-10-30-14-18/h4-5,8-9,11-13,17-18,26H,6-7,10,14H2,1-3H3,(H,28,29)/t17-,18?/m1/s1. The predicted octanol–water partition coefficient (Wildman–Crippen LogP) is 5.62. The van der Waals surface area contributed by atoms with Gasteiger partial charge in [-0.3, -0.25) is 4.98 Å². The number of fused-ring (bicyclic) bond motifs is 1. The second kappa shape index (κ2) is 8.44. The van der Waals surface area contributed by atoms with E-state index in [0.29, 0.717) is 11.6 Å². The zero-order valence-electron chi connectivity index (χ0n) is 17.7. The van der Waals surface area contributed by atoms with Gasteiger partial charge in [0.2, 0.25) is 0 Å². The summed E-state index contributed by atoms with van der Waals surface area (Å²) in [6, 6.07) is 13.5. The fourth-order valence-corrected chi connectivity index (χ4v) is 4.42. The van der Waals surface area contributed by atoms with Crippen LogP contribution in [0.1, 0.15) is 64.5 Å². The maximum atomic E-state index is 11.6. The third-order valence-corrected chi connectivity index (χ3v) is 5.94. The molecule has 1 aromatic heterocycles. The van der Waals surface area contributed by atoms with E-state index in [1.165, 1.54) is 5.56 Å². The van der Waals surface area contributed by atoms with Gasteiger partial charge in [-0.1, -0.05) is 18.2 Å². The number of carboxylic acid groups (broad SMARTS) is 1. The van der Waals surface area contributed by atoms with E-state index in [2.05, 4.69) is 44.3 Å². The van der Waals surface area contributed by atoms with Crippen LogP contribution in [0.2, 0.25) is 0 Å². The van der Waals surface area contributed by atoms with Gasteiger partial charge in [0.05, 0.1) is 17.7 Å². The van der Waals surface area contributed by atoms with Crippen molar-refractivity contribution in [3.05, 3.63) is 70.4 Å². The van der Waals surface area contributed by atoms with Crippen LogP contribution in [0.25, 0.3) is 10.9 Å². The van der Waals surface area contributed by atoms with Crippen molar-refractivity contribution < 1.29 is 14.6 Å². The summed E-state index contributed by atoms with van der Waals surface area (Å²) < 4.78 is 5.72. The summed E-state index contributed by atoms with van der Waals surface area (Å²) in [5.74, 6) is -0.558. The van der Waals surface area contributed by atoms with Crippen molar-refractivity contribution in [1.29, 1.82) is 0 Å². The fraction of sp³-hybridized carbons (Fsp3) is 0.360. The summed E-state index contributed by atoms with van der Waals surface area (Å²) in [6.07, 6.45) is 2.20. The summed E-state index contributed by atoms with van der Waals surface area (Å²) in [4.78, 5) is 16.5. The molecule has 0 aliphatic carbocycles. The van der Waals surface area contributed by atoms with Crippen LogP contribution in [0, 0.1) is 13.8 Å². The van der Waals surface area contributed by atoms with E-state index in [9.17, 15) is 9.90 Å². The van der Waals surface area contributed by atoms with Crippen molar-refractivity contribution in [2.75, 3.05) is 18.5 Å². The molecule has 1 aliphatic rings. The molecule has 0 spiro atoms. The number of pyridine rings is 1. The largest absolute Gasteiger partial charge is 0.478 e. The van der Waals surface area contributed by atoms with Gasteiger partial charge in [-0.2, -0.15) is 0 Å². The van der Waals surface area contributed by atoms with Crippen LogP contribution in [-0.2, 0) is 4.74 Å². The van der Waals surface area contributed by atoms with E-state index in [1.54, 1.807) is 12.1 Å². The smallest absolute Gasteiger partial charge is 0.337 e. The quantitative estimate of drug-likeness (QED) is 0.578. The first kappa shape index (κ1) is 20.4. The molecular formula is C25H28N2O3. The van der Waals surface area contributed by atoms with Gasteiger partial charge in [0.15, 0.2) is 0 Å². The molecule has 0 radical (unpaired) electrons. The third kappa shape index (κ3) is 4.03. The Morgan fingerprint density at radius 2 is 2.03 bits per heavy atom. The Balaban J connectivity index is 1.76. The van der Waals surface area contributed by atoms with Crippen molar-refractivity contribution in [3.8, 4) is 0 Å². The number of anilines is 1. The summed E-state index contributed by atoms with van der Waals surface area (Å²) in [7, 11) is 0. The Morgan fingerprint density at radius 1 is 1.23 bits per heavy atom. The summed E-state index contributed by atoms with van der Waals surface area (Å²) in [5, 5.41) is 14.0. The SMILES string of the molecule is Cc1cc([C@@H](C)Nc2ccccc2C(=O)O)c2cc(C3CCCOC3)c(C)nc2c1. The van der Waals surface area contributed by atoms with E-state index in [-0.39, 0.29) is 11.6 Å². The lowest BCUT2D eigenvalue weighted by atomic mass is 9.89. The van der Waals surface area contributed by atoms with Crippen molar-refractivity contribution >= 4 is 22.6 Å². The van der Waals surface area contributed by atoms with E-state index in [4.69, 9.17) is 9.72 Å². The van der Waals surface area contributed by atoms with Gasteiger partial charge in [-0.25, -0.2) is 4.79 Å². The minimum absolute atomic E-state index is 0.0761. The van der Waals surface area contributed by atoms with E-state index >= 15 is 0 Å². The molecule has 3 aromatic rings. The Kier molecular flexibility index (Phi) is 5.73. The number of para-hydroxylation sites is 1. The number of aromatic carboxylic acids is 1. The topological polar surface area (TPSA) is 71.5 Å². The lowest BCUT2D eigenvalue weighted by Crippen LogP contribution is -2.17. The highest BCUT2D eigenvalue weighted by Gasteiger charge is 2.21. The number of hydrogen-bond donors (Lipinski definition) is 2. The van der Waals surface area contributed by atoms with Crippen LogP contribution >= 0.6 is 0 Å². The lowest BCUT2D eigenvalue weighted by Gasteiger charge is -2.25. The van der Waals surface area contributed by atoms with Crippen LogP contribution < -0.4 is 5.32 Å². The Labute approximate surface area is 177 Å². The average Bonchev–Trinajstić information content (AvgIpc) is 2.73. The Bertz CT molecular complexity index is 1090. The van der Waals surface area contributed by atoms with Gasteiger partial charge in [0, 0.05) is 35.3 Å². The molecular weight excluding hydrogens is 376 g/mol. The number of nitrogens with zero attached hydrogens (tertiary/aromatic N) is 1. The maximum absolute atomic E-state index is 11.6. The first-order valence-corrected chi connectivity index (χ1v) is 10.5. The average molecular weight is 405 g/mol. The second-order valence-electron chi connectivity index (χ2n) is 8.21. The molecule has 30 heavy (non-hydrogen) atoms. The molecule has 5 nitrogen and oxygen atoms in total. The molecule has 5 heteroatoms. The number of hydrogen-bond acceptors (Lipinski definition) is 4. The van der Waals surface area contributed by atoms with Gasteiger partial charge in [-0.05, 0) is 74.6 Å². The molecule has 1 aliphatic heterocycles. The van der Waals surface area contributed by atoms with Crippen LogP contribution in [0.3, 0.4) is 0 Å². The van der Waals surface area contributed by atoms with Gasteiger partial charge >= 0.3 is 5.97 Å². The lowest BCUT2D eigenvalue weighted by molar-refractivity contribution is 0.0698. The van der Waals surface area contributed by atoms with Crippen LogP contribution in [0.5, 0.6) is 0 Å². The van der Waals surface area contributed by atoms with E-state index in [1.807, 2.05) is 12.1 Å². The number of aromatic nitrogens is 1. The molecule has 1 fully saturated rings. The minimum Gasteiger partial charge on any atom is -0.478 e. The summed E-state index contributed by atoms with van der Waals surface area (Å²) in [5.41, 5.74) is 6.44. The number of carbonyl (C=O) groups is 1. The molecule has 2 atom stereocenters. The van der Waals surface area contributed by atoms with Crippen molar-refractivity contribution in [1.82, 2.24) is 4.98 Å². The predicted molar refractivity (Wildman–Crippen MR) is 119 cm³/mol. The zero-order chi connectivity index (χ0) is 21.3. The summed E-state index contributed by atoms with van der Waals surface area (Å²) >= 11 is 0. The number of nitrogens with one attached hydrogen (secondary N) is 1. The van der Waals surface area contributed by atoms with Crippen LogP contribution in [-0.4, -0.2) is 29.3 Å². The number of rotatable bonds is 5. The Morgan fingerprint density at radius 3 is 2.77 bits per heavy atom. The Hall–Kier alpha value is -2.92. The minimum atomic E-state index is -0.934. The second-order valence-corrected chi connectivity index (χ2v) is 8.21. The molecule has 0 bridgehead atoms. The molecule has 1 unspecified atom stereocenters. The fourth-order valence-electron chi connectivity index (χ4n) is 4.42. The molecule has 0 saturated carbocycles. The molecule has 2 heterocycles.